The topological polar surface area (TPSA) is 0 Å². The Kier molecular flexibility index (Phi) is 20.5. The number of unbranched alkanes of at least 4 members (excludes halogenated alkanes) is 13. The molecule has 0 aliphatic carbocycles. The SMILES string of the molecule is CCCCCCCCCCCCCCCC[PH](CCC)(CCC)CCC. The first kappa shape index (κ1) is 26.4. The average molecular weight is 387 g/mol. The Labute approximate surface area is 169 Å². The van der Waals surface area contributed by atoms with E-state index in [1.54, 1.807) is 31.1 Å². The van der Waals surface area contributed by atoms with Crippen molar-refractivity contribution in [2.45, 2.75) is 137 Å². The number of hydrogen-bond acceptors (Lipinski definition) is 0. The monoisotopic (exact) mass is 386 g/mol. The third-order valence-corrected chi connectivity index (χ3v) is 12.5. The van der Waals surface area contributed by atoms with Crippen molar-refractivity contribution in [1.82, 2.24) is 0 Å². The molecule has 0 bridgehead atoms. The summed E-state index contributed by atoms with van der Waals surface area (Å²) >= 11 is 0. The van der Waals surface area contributed by atoms with Gasteiger partial charge in [0.1, 0.15) is 0 Å². The first-order valence-electron chi connectivity index (χ1n) is 12.7. The second kappa shape index (κ2) is 20.2. The van der Waals surface area contributed by atoms with Crippen molar-refractivity contribution in [3.63, 3.8) is 0 Å². The fourth-order valence-corrected chi connectivity index (χ4v) is 10.7. The van der Waals surface area contributed by atoms with Gasteiger partial charge in [0.15, 0.2) is 0 Å². The van der Waals surface area contributed by atoms with Gasteiger partial charge in [-0.2, -0.15) is 0 Å². The Bertz CT molecular complexity index is 244. The van der Waals surface area contributed by atoms with E-state index in [9.17, 15) is 0 Å². The van der Waals surface area contributed by atoms with Crippen LogP contribution in [0, 0.1) is 0 Å². The molecule has 0 aromatic rings. The van der Waals surface area contributed by atoms with Crippen molar-refractivity contribution >= 4 is 7.26 Å². The van der Waals surface area contributed by atoms with Gasteiger partial charge in [-0.25, -0.2) is 0 Å². The van der Waals surface area contributed by atoms with E-state index in [1.807, 2.05) is 0 Å². The molecule has 0 atom stereocenters. The summed E-state index contributed by atoms with van der Waals surface area (Å²) in [4.78, 5) is 0. The van der Waals surface area contributed by atoms with E-state index in [-0.39, 0.29) is 0 Å². The van der Waals surface area contributed by atoms with Gasteiger partial charge in [-0.05, 0) is 0 Å². The van der Waals surface area contributed by atoms with Crippen LogP contribution in [0.25, 0.3) is 0 Å². The molecule has 26 heavy (non-hydrogen) atoms. The van der Waals surface area contributed by atoms with Crippen LogP contribution in [0.4, 0.5) is 0 Å². The fraction of sp³-hybridized carbons (Fsp3) is 1.00. The van der Waals surface area contributed by atoms with E-state index in [0.717, 1.165) is 0 Å². The summed E-state index contributed by atoms with van der Waals surface area (Å²) in [5.74, 6) is 0. The standard InChI is InChI=1S/C25H55P/c1-5-9-10-11-12-13-14-15-16-17-18-19-20-21-25-26(22-6-2,23-7-3)24-8-4/h26H,5-25H2,1-4H3. The van der Waals surface area contributed by atoms with Crippen LogP contribution in [0.15, 0.2) is 0 Å². The molecule has 0 unspecified atom stereocenters. The molecule has 160 valence electrons. The molecule has 0 nitrogen and oxygen atoms in total. The Morgan fingerprint density at radius 2 is 0.615 bits per heavy atom. The van der Waals surface area contributed by atoms with Gasteiger partial charge in [-0.3, -0.25) is 0 Å². The minimum atomic E-state index is -0.898. The van der Waals surface area contributed by atoms with Crippen molar-refractivity contribution in [2.75, 3.05) is 24.6 Å². The quantitative estimate of drug-likeness (QED) is 0.136. The summed E-state index contributed by atoms with van der Waals surface area (Å²) in [7, 11) is -0.898. The van der Waals surface area contributed by atoms with Crippen molar-refractivity contribution in [3.05, 3.63) is 0 Å². The molecule has 0 spiro atoms. The second-order valence-electron chi connectivity index (χ2n) is 9.10. The van der Waals surface area contributed by atoms with Crippen LogP contribution in [0.1, 0.15) is 137 Å². The molecule has 0 heterocycles. The molecule has 0 aromatic carbocycles. The molecular formula is C25H55P. The third kappa shape index (κ3) is 15.5. The number of rotatable bonds is 21. The van der Waals surface area contributed by atoms with Gasteiger partial charge in [0.2, 0.25) is 0 Å². The van der Waals surface area contributed by atoms with Crippen LogP contribution in [0.3, 0.4) is 0 Å². The maximum absolute atomic E-state index is 2.41. The minimum absolute atomic E-state index is 0.898. The second-order valence-corrected chi connectivity index (χ2v) is 14.1. The van der Waals surface area contributed by atoms with E-state index >= 15 is 0 Å². The van der Waals surface area contributed by atoms with Gasteiger partial charge in [-0.15, -0.1) is 0 Å². The molecular weight excluding hydrogens is 331 g/mol. The molecule has 0 saturated heterocycles. The summed E-state index contributed by atoms with van der Waals surface area (Å²) in [6.07, 6.45) is 31.5. The van der Waals surface area contributed by atoms with Gasteiger partial charge in [0.05, 0.1) is 0 Å². The molecule has 0 N–H and O–H groups in total. The van der Waals surface area contributed by atoms with Gasteiger partial charge < -0.3 is 0 Å². The van der Waals surface area contributed by atoms with Gasteiger partial charge >= 0.3 is 143 Å². The average Bonchev–Trinajstić information content (AvgIpc) is 2.63. The molecule has 0 saturated carbocycles. The predicted octanol–water partition coefficient (Wildman–Crippen LogP) is 9.45. The van der Waals surface area contributed by atoms with Crippen LogP contribution in [-0.4, -0.2) is 24.6 Å². The predicted molar refractivity (Wildman–Crippen MR) is 129 cm³/mol. The van der Waals surface area contributed by atoms with Gasteiger partial charge in [0, 0.05) is 0 Å². The Morgan fingerprint density at radius 3 is 0.923 bits per heavy atom. The van der Waals surface area contributed by atoms with Crippen LogP contribution in [0.2, 0.25) is 0 Å². The molecule has 0 radical (unpaired) electrons. The maximum atomic E-state index is 2.41. The first-order valence-corrected chi connectivity index (χ1v) is 15.6. The molecule has 0 amide bonds. The number of hydrogen-bond donors (Lipinski definition) is 0. The van der Waals surface area contributed by atoms with Crippen LogP contribution in [0.5, 0.6) is 0 Å². The van der Waals surface area contributed by atoms with Gasteiger partial charge in [0.25, 0.3) is 0 Å². The Hall–Kier alpha value is 0.430. The van der Waals surface area contributed by atoms with Crippen LogP contribution in [-0.2, 0) is 0 Å². The Balaban J connectivity index is 3.52. The summed E-state index contributed by atoms with van der Waals surface area (Å²) in [5.41, 5.74) is 0. The molecule has 0 rings (SSSR count). The zero-order chi connectivity index (χ0) is 19.3. The molecule has 1 heteroatoms. The summed E-state index contributed by atoms with van der Waals surface area (Å²) in [6, 6.07) is 0. The van der Waals surface area contributed by atoms with E-state index in [0.29, 0.717) is 0 Å². The third-order valence-electron chi connectivity index (χ3n) is 6.40. The molecule has 0 fully saturated rings. The van der Waals surface area contributed by atoms with E-state index in [2.05, 4.69) is 27.7 Å². The van der Waals surface area contributed by atoms with E-state index in [4.69, 9.17) is 0 Å². The molecule has 0 aliphatic rings. The van der Waals surface area contributed by atoms with Crippen LogP contribution < -0.4 is 0 Å². The normalized spacial score (nSPS) is 12.6. The van der Waals surface area contributed by atoms with Crippen LogP contribution >= 0.6 is 7.26 Å². The van der Waals surface area contributed by atoms with E-state index in [1.165, 1.54) is 103 Å². The van der Waals surface area contributed by atoms with Crippen molar-refractivity contribution in [3.8, 4) is 0 Å². The molecule has 0 aliphatic heterocycles. The van der Waals surface area contributed by atoms with Crippen molar-refractivity contribution < 1.29 is 0 Å². The zero-order valence-electron chi connectivity index (χ0n) is 19.3. The summed E-state index contributed by atoms with van der Waals surface area (Å²) in [5, 5.41) is 0. The summed E-state index contributed by atoms with van der Waals surface area (Å²) in [6.45, 7) is 9.55. The summed E-state index contributed by atoms with van der Waals surface area (Å²) < 4.78 is 0. The zero-order valence-corrected chi connectivity index (χ0v) is 20.3. The van der Waals surface area contributed by atoms with Gasteiger partial charge in [-0.1, -0.05) is 26.2 Å². The Morgan fingerprint density at radius 1 is 0.308 bits per heavy atom. The van der Waals surface area contributed by atoms with Crippen molar-refractivity contribution in [1.29, 1.82) is 0 Å². The fourth-order valence-electron chi connectivity index (χ4n) is 5.04. The first-order chi connectivity index (χ1) is 12.7. The van der Waals surface area contributed by atoms with E-state index < -0.39 is 7.26 Å². The molecule has 0 aromatic heterocycles. The van der Waals surface area contributed by atoms with Crippen molar-refractivity contribution in [2.24, 2.45) is 0 Å².